The van der Waals surface area contributed by atoms with Crippen LogP contribution in [-0.4, -0.2) is 5.11 Å². The van der Waals surface area contributed by atoms with Crippen molar-refractivity contribution in [3.8, 4) is 0 Å². The van der Waals surface area contributed by atoms with E-state index in [1.807, 2.05) is 6.08 Å². The van der Waals surface area contributed by atoms with Gasteiger partial charge in [0.15, 0.2) is 0 Å². The van der Waals surface area contributed by atoms with Gasteiger partial charge in [0.1, 0.15) is 0 Å². The van der Waals surface area contributed by atoms with Crippen molar-refractivity contribution in [3.63, 3.8) is 0 Å². The lowest BCUT2D eigenvalue weighted by Gasteiger charge is -2.17. The number of aliphatic hydroxyl groups is 1. The summed E-state index contributed by atoms with van der Waals surface area (Å²) in [6.07, 6.45) is 10.8. The highest BCUT2D eigenvalue weighted by Gasteiger charge is 2.18. The summed E-state index contributed by atoms with van der Waals surface area (Å²) < 4.78 is 0. The largest absolute Gasteiger partial charge is 0.512 e. The van der Waals surface area contributed by atoms with Crippen LogP contribution in [0.3, 0.4) is 0 Å². The monoisotopic (exact) mass is 258 g/mol. The van der Waals surface area contributed by atoms with Crippen LogP contribution in [-0.2, 0) is 0 Å². The zero-order valence-electron chi connectivity index (χ0n) is 11.0. The predicted molar refractivity (Wildman–Crippen MR) is 84.4 cm³/mol. The van der Waals surface area contributed by atoms with Crippen molar-refractivity contribution in [2.45, 2.75) is 6.42 Å². The second-order valence-corrected chi connectivity index (χ2v) is 5.21. The molecule has 0 bridgehead atoms. The highest BCUT2D eigenvalue weighted by Crippen LogP contribution is 2.38. The first-order chi connectivity index (χ1) is 9.83. The lowest BCUT2D eigenvalue weighted by molar-refractivity contribution is 0.398. The van der Waals surface area contributed by atoms with E-state index >= 15 is 0 Å². The average Bonchev–Trinajstić information content (AvgIpc) is 2.66. The molecule has 0 spiro atoms. The molecule has 2 aromatic rings. The molecule has 4 rings (SSSR count). The lowest BCUT2D eigenvalue weighted by Crippen LogP contribution is -1.98. The molecule has 0 fully saturated rings. The van der Waals surface area contributed by atoms with Gasteiger partial charge >= 0.3 is 0 Å². The van der Waals surface area contributed by atoms with Gasteiger partial charge in [-0.3, -0.25) is 0 Å². The maximum Gasteiger partial charge on any atom is 0.0966 e. The fraction of sp³-hybridized carbons (Fsp3) is 0.0526. The number of benzene rings is 2. The van der Waals surface area contributed by atoms with E-state index < -0.39 is 0 Å². The maximum absolute atomic E-state index is 9.71. The predicted octanol–water partition coefficient (Wildman–Crippen LogP) is 5.02. The smallest absolute Gasteiger partial charge is 0.0966 e. The Morgan fingerprint density at radius 1 is 0.900 bits per heavy atom. The van der Waals surface area contributed by atoms with Gasteiger partial charge in [-0.25, -0.2) is 0 Å². The van der Waals surface area contributed by atoms with Gasteiger partial charge in [-0.15, -0.1) is 0 Å². The Hall–Kier alpha value is -2.54. The molecule has 96 valence electrons. The molecule has 20 heavy (non-hydrogen) atoms. The lowest BCUT2D eigenvalue weighted by atomic mass is 9.88. The minimum absolute atomic E-state index is 0.428. The van der Waals surface area contributed by atoms with Crippen LogP contribution in [0.2, 0.25) is 0 Å². The van der Waals surface area contributed by atoms with Crippen LogP contribution in [0.5, 0.6) is 0 Å². The third kappa shape index (κ3) is 1.64. The van der Waals surface area contributed by atoms with Crippen molar-refractivity contribution in [2.24, 2.45) is 0 Å². The van der Waals surface area contributed by atoms with Crippen LogP contribution >= 0.6 is 0 Å². The molecule has 1 N–H and O–H groups in total. The molecule has 0 unspecified atom stereocenters. The van der Waals surface area contributed by atoms with Gasteiger partial charge in [-0.05, 0) is 39.1 Å². The Labute approximate surface area is 117 Å². The summed E-state index contributed by atoms with van der Waals surface area (Å²) >= 11 is 0. The third-order valence-corrected chi connectivity index (χ3v) is 3.98. The molecule has 0 heterocycles. The van der Waals surface area contributed by atoms with Gasteiger partial charge in [-0.2, -0.15) is 0 Å². The molecule has 0 saturated heterocycles. The molecule has 0 amide bonds. The topological polar surface area (TPSA) is 20.2 Å². The second kappa shape index (κ2) is 4.24. The van der Waals surface area contributed by atoms with Gasteiger partial charge in [0.2, 0.25) is 0 Å². The minimum Gasteiger partial charge on any atom is -0.512 e. The molecule has 2 aliphatic rings. The van der Waals surface area contributed by atoms with Crippen molar-refractivity contribution in [3.05, 3.63) is 83.2 Å². The Morgan fingerprint density at radius 3 is 2.75 bits per heavy atom. The van der Waals surface area contributed by atoms with Crippen LogP contribution in [0.4, 0.5) is 0 Å². The van der Waals surface area contributed by atoms with E-state index in [2.05, 4.69) is 54.6 Å². The van der Waals surface area contributed by atoms with E-state index in [1.165, 1.54) is 33.0 Å². The molecule has 2 aromatic carbocycles. The van der Waals surface area contributed by atoms with Crippen LogP contribution in [0.25, 0.3) is 22.4 Å². The fourth-order valence-corrected chi connectivity index (χ4v) is 3.02. The number of rotatable bonds is 0. The van der Waals surface area contributed by atoms with Gasteiger partial charge in [0.25, 0.3) is 0 Å². The molecule has 2 aliphatic carbocycles. The van der Waals surface area contributed by atoms with Crippen molar-refractivity contribution in [2.75, 3.05) is 0 Å². The van der Waals surface area contributed by atoms with E-state index in [-0.39, 0.29) is 0 Å². The zero-order chi connectivity index (χ0) is 13.5. The second-order valence-electron chi connectivity index (χ2n) is 5.21. The molecule has 1 heteroatoms. The summed E-state index contributed by atoms with van der Waals surface area (Å²) in [4.78, 5) is 0. The van der Waals surface area contributed by atoms with Crippen LogP contribution in [0.15, 0.2) is 72.0 Å². The highest BCUT2D eigenvalue weighted by molar-refractivity contribution is 5.99. The summed E-state index contributed by atoms with van der Waals surface area (Å²) in [5, 5.41) is 12.2. The van der Waals surface area contributed by atoms with Gasteiger partial charge < -0.3 is 5.11 Å². The van der Waals surface area contributed by atoms with Crippen LogP contribution in [0.1, 0.15) is 17.5 Å². The van der Waals surface area contributed by atoms with Crippen molar-refractivity contribution < 1.29 is 5.11 Å². The number of hydrogen-bond donors (Lipinski definition) is 1. The molecule has 0 saturated carbocycles. The standard InChI is InChI=1S/C19H14O/c20-15-9-11-17-14(12-15)5-3-7-18-16-6-2-1-4-13(16)8-10-19(17)18/h1-11,20H,12H2. The number of aliphatic hydroxyl groups excluding tert-OH is 1. The molecule has 0 aliphatic heterocycles. The number of fused-ring (bicyclic) bond motifs is 5. The first-order valence-electron chi connectivity index (χ1n) is 6.82. The Balaban J connectivity index is 2.05. The summed E-state index contributed by atoms with van der Waals surface area (Å²) in [6, 6.07) is 12.8. The van der Waals surface area contributed by atoms with Gasteiger partial charge in [0, 0.05) is 6.42 Å². The van der Waals surface area contributed by atoms with E-state index in [1.54, 1.807) is 6.08 Å². The molecule has 1 nitrogen and oxygen atoms in total. The maximum atomic E-state index is 9.71. The Kier molecular flexibility index (Phi) is 2.40. The van der Waals surface area contributed by atoms with E-state index in [0.717, 1.165) is 0 Å². The van der Waals surface area contributed by atoms with Crippen LogP contribution in [0, 0.1) is 0 Å². The SMILES string of the molecule is OC1=CC=C2C(=CC=Cc3c2ccc2ccccc32)C1. The minimum atomic E-state index is 0.428. The summed E-state index contributed by atoms with van der Waals surface area (Å²) in [7, 11) is 0. The zero-order valence-corrected chi connectivity index (χ0v) is 11.0. The number of allylic oxidation sites excluding steroid dienone is 6. The highest BCUT2D eigenvalue weighted by atomic mass is 16.3. The van der Waals surface area contributed by atoms with Crippen molar-refractivity contribution in [1.82, 2.24) is 0 Å². The van der Waals surface area contributed by atoms with E-state index in [4.69, 9.17) is 0 Å². The summed E-state index contributed by atoms with van der Waals surface area (Å²) in [6.45, 7) is 0. The van der Waals surface area contributed by atoms with Crippen molar-refractivity contribution in [1.29, 1.82) is 0 Å². The first kappa shape index (κ1) is 11.3. The molecule has 0 radical (unpaired) electrons. The number of hydrogen-bond acceptors (Lipinski definition) is 1. The van der Waals surface area contributed by atoms with Crippen LogP contribution < -0.4 is 0 Å². The fourth-order valence-electron chi connectivity index (χ4n) is 3.02. The normalized spacial score (nSPS) is 16.7. The van der Waals surface area contributed by atoms with E-state index in [0.29, 0.717) is 12.2 Å². The molecule has 0 aromatic heterocycles. The third-order valence-electron chi connectivity index (χ3n) is 3.98. The Morgan fingerprint density at radius 2 is 1.80 bits per heavy atom. The van der Waals surface area contributed by atoms with Gasteiger partial charge in [-0.1, -0.05) is 60.7 Å². The summed E-state index contributed by atoms with van der Waals surface area (Å²) in [5.41, 5.74) is 4.90. The summed E-state index contributed by atoms with van der Waals surface area (Å²) in [5.74, 6) is 0.428. The van der Waals surface area contributed by atoms with Crippen molar-refractivity contribution >= 4 is 22.4 Å². The van der Waals surface area contributed by atoms with Gasteiger partial charge in [0.05, 0.1) is 5.76 Å². The van der Waals surface area contributed by atoms with E-state index in [9.17, 15) is 5.11 Å². The molecule has 0 atom stereocenters. The molecular formula is C19H14O. The first-order valence-corrected chi connectivity index (χ1v) is 6.82. The molecular weight excluding hydrogens is 244 g/mol. The average molecular weight is 258 g/mol. The quantitative estimate of drug-likeness (QED) is 0.703. The Bertz CT molecular complexity index is 832.